The predicted molar refractivity (Wildman–Crippen MR) is 211 cm³/mol. The van der Waals surface area contributed by atoms with Crippen molar-refractivity contribution in [3.63, 3.8) is 0 Å². The first-order valence-corrected chi connectivity index (χ1v) is 17.7. The van der Waals surface area contributed by atoms with Crippen LogP contribution in [0.25, 0.3) is 89.5 Å². The van der Waals surface area contributed by atoms with Crippen LogP contribution in [0.5, 0.6) is 0 Å². The van der Waals surface area contributed by atoms with Crippen LogP contribution in [0.3, 0.4) is 0 Å². The lowest BCUT2D eigenvalue weighted by atomic mass is 9.83. The molecule has 5 heteroatoms. The normalized spacial score (nSPS) is 15.0. The van der Waals surface area contributed by atoms with Crippen molar-refractivity contribution in [1.82, 2.24) is 19.5 Å². The van der Waals surface area contributed by atoms with Crippen molar-refractivity contribution in [3.8, 4) is 39.9 Å². The van der Waals surface area contributed by atoms with Gasteiger partial charge in [0.15, 0.2) is 17.5 Å². The molecule has 0 bridgehead atoms. The topological polar surface area (TPSA) is 56.7 Å². The second kappa shape index (κ2) is 11.3. The van der Waals surface area contributed by atoms with Crippen molar-refractivity contribution in [1.29, 1.82) is 0 Å². The Hall–Kier alpha value is -6.85. The van der Waals surface area contributed by atoms with Crippen molar-refractivity contribution in [3.05, 3.63) is 175 Å². The average Bonchev–Trinajstić information content (AvgIpc) is 3.74. The van der Waals surface area contributed by atoms with Gasteiger partial charge in [-0.1, -0.05) is 121 Å². The van der Waals surface area contributed by atoms with Crippen molar-refractivity contribution in [2.45, 2.75) is 6.42 Å². The molecule has 2 aliphatic carbocycles. The Morgan fingerprint density at radius 3 is 2.23 bits per heavy atom. The van der Waals surface area contributed by atoms with E-state index in [0.717, 1.165) is 50.7 Å². The minimum atomic E-state index is 0.380. The zero-order chi connectivity index (χ0) is 34.2. The van der Waals surface area contributed by atoms with Gasteiger partial charge in [0, 0.05) is 38.9 Å². The number of nitrogens with zero attached hydrogens (tertiary/aromatic N) is 4. The van der Waals surface area contributed by atoms with Crippen LogP contribution in [0, 0.1) is 5.92 Å². The molecular weight excluding hydrogens is 637 g/mol. The van der Waals surface area contributed by atoms with Crippen molar-refractivity contribution >= 4 is 49.7 Å². The fourth-order valence-corrected chi connectivity index (χ4v) is 8.07. The molecule has 3 heterocycles. The van der Waals surface area contributed by atoms with Gasteiger partial charge in [-0.25, -0.2) is 15.0 Å². The van der Waals surface area contributed by atoms with E-state index in [9.17, 15) is 0 Å². The molecule has 1 atom stereocenters. The van der Waals surface area contributed by atoms with Crippen LogP contribution in [0.4, 0.5) is 0 Å². The number of hydrogen-bond donors (Lipinski definition) is 0. The number of furan rings is 1. The molecule has 11 rings (SSSR count). The third-order valence-corrected chi connectivity index (χ3v) is 10.6. The van der Waals surface area contributed by atoms with Crippen LogP contribution < -0.4 is 0 Å². The molecular formula is C47H30N4O. The maximum atomic E-state index is 6.44. The largest absolute Gasteiger partial charge is 0.455 e. The Labute approximate surface area is 299 Å². The molecule has 1 unspecified atom stereocenters. The number of benzene rings is 6. The Morgan fingerprint density at radius 2 is 1.33 bits per heavy atom. The van der Waals surface area contributed by atoms with E-state index in [2.05, 4.69) is 108 Å². The molecule has 0 radical (unpaired) electrons. The molecule has 6 aromatic carbocycles. The molecule has 0 aliphatic heterocycles. The summed E-state index contributed by atoms with van der Waals surface area (Å²) in [7, 11) is 0. The van der Waals surface area contributed by atoms with Gasteiger partial charge in [0.2, 0.25) is 0 Å². The predicted octanol–water partition coefficient (Wildman–Crippen LogP) is 11.6. The zero-order valence-electron chi connectivity index (χ0n) is 28.1. The molecule has 9 aromatic rings. The van der Waals surface area contributed by atoms with E-state index in [1.807, 2.05) is 60.7 Å². The highest BCUT2D eigenvalue weighted by atomic mass is 16.3. The van der Waals surface area contributed by atoms with E-state index in [-0.39, 0.29) is 0 Å². The smallest absolute Gasteiger partial charge is 0.167 e. The second-order valence-corrected chi connectivity index (χ2v) is 13.6. The molecule has 0 saturated heterocycles. The minimum absolute atomic E-state index is 0.380. The van der Waals surface area contributed by atoms with Gasteiger partial charge >= 0.3 is 0 Å². The molecule has 5 nitrogen and oxygen atoms in total. The van der Waals surface area contributed by atoms with Gasteiger partial charge in [0.25, 0.3) is 0 Å². The lowest BCUT2D eigenvalue weighted by molar-refractivity contribution is 0.669. The van der Waals surface area contributed by atoms with Gasteiger partial charge in [-0.2, -0.15) is 0 Å². The van der Waals surface area contributed by atoms with E-state index < -0.39 is 0 Å². The van der Waals surface area contributed by atoms with Crippen LogP contribution in [0.1, 0.15) is 11.3 Å². The minimum Gasteiger partial charge on any atom is -0.455 e. The first kappa shape index (κ1) is 28.9. The Balaban J connectivity index is 1.13. The maximum absolute atomic E-state index is 6.44. The summed E-state index contributed by atoms with van der Waals surface area (Å²) in [6, 6.07) is 46.4. The van der Waals surface area contributed by atoms with Crippen LogP contribution in [-0.4, -0.2) is 19.5 Å². The van der Waals surface area contributed by atoms with Crippen LogP contribution >= 0.6 is 0 Å². The lowest BCUT2D eigenvalue weighted by Gasteiger charge is -2.23. The summed E-state index contributed by atoms with van der Waals surface area (Å²) < 4.78 is 8.86. The monoisotopic (exact) mass is 666 g/mol. The van der Waals surface area contributed by atoms with Gasteiger partial charge in [-0.3, -0.25) is 0 Å². The summed E-state index contributed by atoms with van der Waals surface area (Å²) in [6.07, 6.45) is 12.2. The van der Waals surface area contributed by atoms with Crippen molar-refractivity contribution < 1.29 is 4.42 Å². The summed E-state index contributed by atoms with van der Waals surface area (Å²) in [5.74, 6) is 2.17. The fourth-order valence-electron chi connectivity index (χ4n) is 8.07. The first-order chi connectivity index (χ1) is 25.7. The quantitative estimate of drug-likeness (QED) is 0.188. The summed E-state index contributed by atoms with van der Waals surface area (Å²) in [6.45, 7) is 0. The lowest BCUT2D eigenvalue weighted by Crippen LogP contribution is -2.12. The van der Waals surface area contributed by atoms with E-state index in [0.29, 0.717) is 23.4 Å². The Bertz CT molecular complexity index is 3000. The second-order valence-electron chi connectivity index (χ2n) is 13.6. The van der Waals surface area contributed by atoms with Gasteiger partial charge in [0.05, 0.1) is 16.8 Å². The molecule has 0 fully saturated rings. The van der Waals surface area contributed by atoms with Crippen molar-refractivity contribution in [2.75, 3.05) is 0 Å². The SMILES string of the molecule is C1=CC2=Cc3c(c4cc5ccccc5cc4n3-c3cccc(-c4nc(-c5ccccc5)nc(-c5cccc6c5oc5ccccc56)n4)c3)CC2C=C1. The molecule has 52 heavy (non-hydrogen) atoms. The number of fused-ring (bicyclic) bond motifs is 8. The number of rotatable bonds is 4. The van der Waals surface area contributed by atoms with E-state index in [1.165, 1.54) is 38.5 Å². The van der Waals surface area contributed by atoms with Crippen LogP contribution in [0.15, 0.2) is 168 Å². The third-order valence-electron chi connectivity index (χ3n) is 10.6. The Morgan fingerprint density at radius 1 is 0.596 bits per heavy atom. The first-order valence-electron chi connectivity index (χ1n) is 17.7. The van der Waals surface area contributed by atoms with E-state index in [1.54, 1.807) is 0 Å². The van der Waals surface area contributed by atoms with Crippen molar-refractivity contribution in [2.24, 2.45) is 5.92 Å². The number of aromatic nitrogens is 4. The molecule has 0 amide bonds. The Kier molecular flexibility index (Phi) is 6.31. The molecule has 0 spiro atoms. The number of allylic oxidation sites excluding steroid dienone is 5. The summed E-state index contributed by atoms with van der Waals surface area (Å²) in [5, 5.41) is 5.88. The number of para-hydroxylation sites is 2. The van der Waals surface area contributed by atoms with Gasteiger partial charge in [-0.05, 0) is 70.8 Å². The van der Waals surface area contributed by atoms with E-state index >= 15 is 0 Å². The number of hydrogen-bond acceptors (Lipinski definition) is 4. The average molecular weight is 667 g/mol. The summed E-state index contributed by atoms with van der Waals surface area (Å²) in [5.41, 5.74) is 10.5. The molecule has 244 valence electrons. The molecule has 0 saturated carbocycles. The molecule has 2 aliphatic rings. The van der Waals surface area contributed by atoms with Gasteiger partial charge in [0.1, 0.15) is 11.2 Å². The standard InChI is InChI=1S/C47H30N4O/c1-2-12-29(13-3-1)45-48-46(50-47(49-45)38-22-11-21-37-36-20-8-9-23-43(36)52-44(37)38)34-18-10-19-35(24-34)51-41-27-32-16-6-4-14-30(32)25-39(41)40-26-31-15-5-7-17-33(31)28-42(40)51/h1-25,27-28,31H,26H2. The molecule has 0 N–H and O–H groups in total. The van der Waals surface area contributed by atoms with Crippen LogP contribution in [0.2, 0.25) is 0 Å². The zero-order valence-corrected chi connectivity index (χ0v) is 28.1. The third kappa shape index (κ3) is 4.53. The van der Waals surface area contributed by atoms with E-state index in [4.69, 9.17) is 19.4 Å². The van der Waals surface area contributed by atoms with Crippen LogP contribution in [-0.2, 0) is 6.42 Å². The fraction of sp³-hybridized carbons (Fsp3) is 0.0426. The summed E-state index contributed by atoms with van der Waals surface area (Å²) >= 11 is 0. The highest BCUT2D eigenvalue weighted by Gasteiger charge is 2.27. The van der Waals surface area contributed by atoms with Gasteiger partial charge in [-0.15, -0.1) is 0 Å². The maximum Gasteiger partial charge on any atom is 0.167 e. The molecule has 3 aromatic heterocycles. The van der Waals surface area contributed by atoms with Gasteiger partial charge < -0.3 is 8.98 Å². The highest BCUT2D eigenvalue weighted by molar-refractivity contribution is 6.09. The summed E-state index contributed by atoms with van der Waals surface area (Å²) in [4.78, 5) is 15.3. The highest BCUT2D eigenvalue weighted by Crippen LogP contribution is 2.42.